The number of carbonyl (C=O) groups excluding carboxylic acids is 9. The molecule has 8 atom stereocenters. The van der Waals surface area contributed by atoms with Gasteiger partial charge in [0.1, 0.15) is 30.2 Å². The quantitative estimate of drug-likeness (QED) is 0.00641. The molecular weight excluding hydrogens is 1500 g/mol. The number of fused-ring (bicyclic) bond motifs is 5. The van der Waals surface area contributed by atoms with Crippen molar-refractivity contribution in [3.8, 4) is 22.8 Å². The summed E-state index contributed by atoms with van der Waals surface area (Å²) in [6.07, 6.45) is 0.233. The molecule has 6 aromatic rings. The van der Waals surface area contributed by atoms with Gasteiger partial charge in [-0.25, -0.2) is 15.1 Å². The lowest BCUT2D eigenvalue weighted by Gasteiger charge is -2.24. The minimum atomic E-state index is -1.76. The lowest BCUT2D eigenvalue weighted by molar-refractivity contribution is -0.145. The van der Waals surface area contributed by atoms with Crippen LogP contribution in [0.2, 0.25) is 0 Å². The molecule has 36 heteroatoms. The molecule has 0 saturated carbocycles. The van der Waals surface area contributed by atoms with Crippen LogP contribution in [0.4, 0.5) is 4.79 Å². The first-order valence-electron chi connectivity index (χ1n) is 36.0. The van der Waals surface area contributed by atoms with E-state index in [2.05, 4.69) is 36.9 Å². The van der Waals surface area contributed by atoms with Crippen molar-refractivity contribution in [1.29, 1.82) is 0 Å². The molecule has 4 amide bonds. The lowest BCUT2D eigenvalue weighted by Crippen LogP contribution is -2.54. The van der Waals surface area contributed by atoms with E-state index in [1.54, 1.807) is 98.4 Å². The predicted octanol–water partition coefficient (Wildman–Crippen LogP) is 3.93. The molecule has 2 aromatic heterocycles. The number of hydrogen-bond acceptors (Lipinski definition) is 26. The Labute approximate surface area is 650 Å². The number of aryl methyl sites for hydroxylation is 2. The average Bonchev–Trinajstić information content (AvgIpc) is 1.53. The standard InChI is InChI=1S/C76H92N10O24S2/c1-44-30-50-53(37-60(44)107-2)72(100)86(26-13-25-85-27-24-78-42-85)68-51-33-48(40-87)61(36-52(51)69(97)67(50)68)110-76(106)108-28-29-111-112-41-49(73(101)102)35-59(90)57(38-66(95)96)82-71(99)54(77)39-80-70(98)47(31-45-14-7-5-8-15-45)34-58(89)56(32-46-16-9-6-10-17-46)81-63(92)18-11-3-4-12-23-79-62(91)20-19-55(74(103)104)83-75(105)84-64(109-43-88)21-22-65(93)94/h5-10,14-17,24,27,30,33,36-37,42-43,47,49,54-57,64,75,83-84,87,105H,3-4,11-13,18-23,25-26,28-29,31-32,34-35,38-41,77H2,1-2H3,(H,79,91)(H,80,98)(H,81,92)(H,82,99)(H,93,94)(H,95,96)(H,101,102)(H,103,104)/t47-,49-,54-,55+,56-,57-,64-,75-/m0/s1. The number of aliphatic hydroxyl groups is 2. The minimum absolute atomic E-state index is 0.0148. The molecule has 0 saturated heterocycles. The number of carbonyl (C=O) groups is 13. The van der Waals surface area contributed by atoms with Crippen LogP contribution >= 0.6 is 21.6 Å². The van der Waals surface area contributed by atoms with Crippen molar-refractivity contribution in [2.24, 2.45) is 17.6 Å². The number of ketones is 3. The van der Waals surface area contributed by atoms with Crippen LogP contribution in [0.5, 0.6) is 11.5 Å². The highest BCUT2D eigenvalue weighted by Gasteiger charge is 2.37. The number of aromatic nitrogens is 3. The number of benzene rings is 4. The third-order valence-corrected chi connectivity index (χ3v) is 20.6. The van der Waals surface area contributed by atoms with Crippen molar-refractivity contribution < 1.29 is 112 Å². The highest BCUT2D eigenvalue weighted by atomic mass is 33.1. The second-order valence-corrected chi connectivity index (χ2v) is 29.0. The fraction of sp³-hybridized carbons (Fsp3) is 0.434. The first-order chi connectivity index (χ1) is 53.7. The fourth-order valence-electron chi connectivity index (χ4n) is 12.4. The number of amides is 4. The van der Waals surface area contributed by atoms with Crippen molar-refractivity contribution in [2.45, 2.75) is 160 Å². The number of imidazole rings is 1. The zero-order valence-corrected chi connectivity index (χ0v) is 63.2. The second kappa shape index (κ2) is 44.8. The highest BCUT2D eigenvalue weighted by Crippen LogP contribution is 2.43. The summed E-state index contributed by atoms with van der Waals surface area (Å²) in [5, 5.41) is 75.0. The molecule has 0 radical (unpaired) electrons. The molecule has 0 aliphatic heterocycles. The van der Waals surface area contributed by atoms with E-state index >= 15 is 0 Å². The molecule has 0 fully saturated rings. The van der Waals surface area contributed by atoms with Crippen LogP contribution in [0, 0.1) is 18.8 Å². The second-order valence-electron chi connectivity index (χ2n) is 26.4. The van der Waals surface area contributed by atoms with E-state index in [1.165, 1.54) is 23.8 Å². The Balaban J connectivity index is 0.863. The summed E-state index contributed by atoms with van der Waals surface area (Å²) in [7, 11) is 3.53. The van der Waals surface area contributed by atoms with E-state index in [-0.39, 0.29) is 110 Å². The van der Waals surface area contributed by atoms with Gasteiger partial charge < -0.3 is 85.7 Å². The zero-order valence-electron chi connectivity index (χ0n) is 61.5. The molecule has 34 nitrogen and oxygen atoms in total. The van der Waals surface area contributed by atoms with Crippen LogP contribution in [-0.2, 0) is 94.8 Å². The van der Waals surface area contributed by atoms with Gasteiger partial charge in [-0.15, -0.1) is 0 Å². The van der Waals surface area contributed by atoms with E-state index in [0.29, 0.717) is 77.7 Å². The molecule has 4 aromatic carbocycles. The van der Waals surface area contributed by atoms with Crippen molar-refractivity contribution in [3.05, 3.63) is 147 Å². The van der Waals surface area contributed by atoms with Gasteiger partial charge in [-0.3, -0.25) is 67.6 Å². The Hall–Kier alpha value is -10.9. The summed E-state index contributed by atoms with van der Waals surface area (Å²) < 4.78 is 24.4. The van der Waals surface area contributed by atoms with Gasteiger partial charge in [0.2, 0.25) is 23.6 Å². The summed E-state index contributed by atoms with van der Waals surface area (Å²) in [5.74, 6) is -12.5. The summed E-state index contributed by atoms with van der Waals surface area (Å²) in [6, 6.07) is 17.7. The number of ether oxygens (including phenoxy) is 4. The number of carboxylic acids is 4. The summed E-state index contributed by atoms with van der Waals surface area (Å²) in [4.78, 5) is 186. The Morgan fingerprint density at radius 1 is 0.670 bits per heavy atom. The van der Waals surface area contributed by atoms with Crippen molar-refractivity contribution in [2.75, 3.05) is 38.3 Å². The summed E-state index contributed by atoms with van der Waals surface area (Å²) >= 11 is 0. The van der Waals surface area contributed by atoms with Crippen molar-refractivity contribution >= 4 is 110 Å². The number of aliphatic hydroxyl groups excluding tert-OH is 2. The van der Waals surface area contributed by atoms with Gasteiger partial charge in [-0.2, -0.15) is 0 Å². The maximum atomic E-state index is 14.4. The van der Waals surface area contributed by atoms with Gasteiger partial charge in [0, 0.05) is 110 Å². The molecule has 1 aliphatic carbocycles. The molecule has 0 bridgehead atoms. The topological polar surface area (TPSA) is 518 Å². The van der Waals surface area contributed by atoms with Crippen LogP contribution in [0.3, 0.4) is 0 Å². The third-order valence-electron chi connectivity index (χ3n) is 18.2. The molecule has 14 N–H and O–H groups in total. The van der Waals surface area contributed by atoms with Gasteiger partial charge in [-0.1, -0.05) is 95.1 Å². The molecule has 2 heterocycles. The number of nitrogens with two attached hydrogens (primary N) is 1. The predicted molar refractivity (Wildman–Crippen MR) is 406 cm³/mol. The molecule has 112 heavy (non-hydrogen) atoms. The maximum Gasteiger partial charge on any atom is 0.513 e. The molecule has 7 rings (SSSR count). The van der Waals surface area contributed by atoms with E-state index in [0.717, 1.165) is 21.6 Å². The average molecular weight is 1590 g/mol. The molecule has 602 valence electrons. The minimum Gasteiger partial charge on any atom is -0.496 e. The van der Waals surface area contributed by atoms with Crippen LogP contribution in [-0.4, -0.2) is 197 Å². The molecule has 0 spiro atoms. The monoisotopic (exact) mass is 1590 g/mol. The number of pyridine rings is 1. The Kier molecular flexibility index (Phi) is 35.4. The van der Waals surface area contributed by atoms with Gasteiger partial charge in [0.15, 0.2) is 29.9 Å². The zero-order chi connectivity index (χ0) is 81.4. The van der Waals surface area contributed by atoms with E-state index < -0.39 is 158 Å². The van der Waals surface area contributed by atoms with E-state index in [9.17, 15) is 92.7 Å². The van der Waals surface area contributed by atoms with Crippen molar-refractivity contribution in [3.63, 3.8) is 0 Å². The van der Waals surface area contributed by atoms with Crippen molar-refractivity contribution in [1.82, 2.24) is 46.0 Å². The number of carboxylic acid groups (broad SMARTS) is 4. The lowest BCUT2D eigenvalue weighted by atomic mass is 9.89. The first kappa shape index (κ1) is 88.3. The third kappa shape index (κ3) is 27.2. The largest absolute Gasteiger partial charge is 0.513 e. The fourth-order valence-corrected chi connectivity index (χ4v) is 14.5. The first-order valence-corrected chi connectivity index (χ1v) is 38.5. The van der Waals surface area contributed by atoms with E-state index in [4.69, 9.17) is 29.8 Å². The number of nitrogens with one attached hydrogen (secondary N) is 6. The number of hydrogen-bond donors (Lipinski definition) is 13. The van der Waals surface area contributed by atoms with Gasteiger partial charge in [0.25, 0.3) is 12.0 Å². The number of rotatable bonds is 52. The Morgan fingerprint density at radius 2 is 1.37 bits per heavy atom. The smallest absolute Gasteiger partial charge is 0.496 e. The molecular formula is C76H92N10O24S2. The van der Waals surface area contributed by atoms with Crippen LogP contribution < -0.4 is 52.7 Å². The summed E-state index contributed by atoms with van der Waals surface area (Å²) in [5.41, 5.74) is 9.05. The SMILES string of the molecule is COc1cc2c(=O)n(CCCn3ccnc3)c3c(c2cc1C)C(=O)c1cc(OC(=O)OCCSSC[C@H](CC(=O)[C@H](CC(=O)O)NC(=O)[C@@H](N)CNC(=O)[C@H](CC(=O)[C@H](Cc2ccccc2)NC(=O)CCCCCCNC(=O)CC[C@@H](N[C@H](O)N[C@H](CCC(=O)O)OC=O)C(=O)O)Cc2ccccc2)C(=O)O)c(CO)cc1-3. The Morgan fingerprint density at radius 3 is 2.02 bits per heavy atom. The van der Waals surface area contributed by atoms with Gasteiger partial charge in [0.05, 0.1) is 67.5 Å². The van der Waals surface area contributed by atoms with Crippen LogP contribution in [0.1, 0.15) is 122 Å². The van der Waals surface area contributed by atoms with Gasteiger partial charge in [-0.05, 0) is 86.4 Å². The highest BCUT2D eigenvalue weighted by molar-refractivity contribution is 8.76. The number of nitrogens with zero attached hydrogens (tertiary/aromatic N) is 3. The van der Waals surface area contributed by atoms with Crippen LogP contribution in [0.25, 0.3) is 22.0 Å². The normalized spacial score (nSPS) is 13.6. The number of Topliss-reactive ketones (excluding diaryl/α,β-unsaturated/α-hetero) is 2. The number of unbranched alkanes of at least 4 members (excludes halogenated alkanes) is 3. The summed E-state index contributed by atoms with van der Waals surface area (Å²) in [6.45, 7) is 1.27. The molecule has 0 unspecified atom stereocenters. The number of methoxy groups -OCH3 is 1. The number of aliphatic carboxylic acids is 4. The van der Waals surface area contributed by atoms with Crippen LogP contribution in [0.15, 0.2) is 108 Å². The van der Waals surface area contributed by atoms with E-state index in [1.807, 2.05) is 4.57 Å². The maximum absolute atomic E-state index is 14.4. The Bertz CT molecular complexity index is 4360. The van der Waals surface area contributed by atoms with Gasteiger partial charge >= 0.3 is 30.0 Å². The molecule has 1 aliphatic rings.